The fourth-order valence-corrected chi connectivity index (χ4v) is 2.20. The van der Waals surface area contributed by atoms with Crippen molar-refractivity contribution in [3.8, 4) is 0 Å². The van der Waals surface area contributed by atoms with Crippen molar-refractivity contribution in [3.05, 3.63) is 71.3 Å². The van der Waals surface area contributed by atoms with Crippen LogP contribution < -0.4 is 0 Å². The van der Waals surface area contributed by atoms with Gasteiger partial charge in [0.1, 0.15) is 0 Å². The first-order chi connectivity index (χ1) is 8.40. The SMILES string of the molecule is BrCCc1ccccc1/C=C/c1ccccc1. The number of rotatable bonds is 4. The molecule has 0 spiro atoms. The van der Waals surface area contributed by atoms with E-state index in [1.807, 2.05) is 6.07 Å². The Hall–Kier alpha value is -1.34. The van der Waals surface area contributed by atoms with E-state index in [2.05, 4.69) is 76.6 Å². The molecule has 86 valence electrons. The number of benzene rings is 2. The molecule has 0 saturated carbocycles. The van der Waals surface area contributed by atoms with E-state index in [0.29, 0.717) is 0 Å². The normalized spacial score (nSPS) is 10.9. The van der Waals surface area contributed by atoms with Crippen LogP contribution in [0, 0.1) is 0 Å². The highest BCUT2D eigenvalue weighted by Crippen LogP contribution is 2.14. The quantitative estimate of drug-likeness (QED) is 0.560. The molecule has 2 rings (SSSR count). The maximum absolute atomic E-state index is 3.49. The van der Waals surface area contributed by atoms with E-state index in [-0.39, 0.29) is 0 Å². The van der Waals surface area contributed by atoms with Gasteiger partial charge in [-0.1, -0.05) is 82.7 Å². The van der Waals surface area contributed by atoms with Gasteiger partial charge in [0.05, 0.1) is 0 Å². The summed E-state index contributed by atoms with van der Waals surface area (Å²) in [5.41, 5.74) is 3.92. The maximum Gasteiger partial charge on any atom is 0.00720 e. The summed E-state index contributed by atoms with van der Waals surface area (Å²) in [6, 6.07) is 18.9. The van der Waals surface area contributed by atoms with Gasteiger partial charge in [0, 0.05) is 5.33 Å². The predicted octanol–water partition coefficient (Wildman–Crippen LogP) is 4.79. The van der Waals surface area contributed by atoms with Crippen LogP contribution in [0.15, 0.2) is 54.6 Å². The molecule has 2 aromatic carbocycles. The van der Waals surface area contributed by atoms with Crippen molar-refractivity contribution in [1.29, 1.82) is 0 Å². The van der Waals surface area contributed by atoms with Gasteiger partial charge in [-0.15, -0.1) is 0 Å². The first-order valence-corrected chi connectivity index (χ1v) is 6.89. The van der Waals surface area contributed by atoms with Gasteiger partial charge in [-0.25, -0.2) is 0 Å². The average molecular weight is 287 g/mol. The van der Waals surface area contributed by atoms with E-state index in [0.717, 1.165) is 11.8 Å². The smallest absolute Gasteiger partial charge is 0.00720 e. The van der Waals surface area contributed by atoms with Crippen LogP contribution in [0.1, 0.15) is 16.7 Å². The van der Waals surface area contributed by atoms with Gasteiger partial charge in [-0.2, -0.15) is 0 Å². The Morgan fingerprint density at radius 2 is 1.53 bits per heavy atom. The molecule has 0 fully saturated rings. The molecule has 2 aromatic rings. The zero-order chi connectivity index (χ0) is 11.9. The van der Waals surface area contributed by atoms with Crippen LogP contribution in [0.5, 0.6) is 0 Å². The molecule has 0 N–H and O–H groups in total. The lowest BCUT2D eigenvalue weighted by Gasteiger charge is -2.03. The molecule has 0 heterocycles. The lowest BCUT2D eigenvalue weighted by atomic mass is 10.0. The first-order valence-electron chi connectivity index (χ1n) is 5.77. The van der Waals surface area contributed by atoms with Crippen molar-refractivity contribution in [2.75, 3.05) is 5.33 Å². The molecule has 0 atom stereocenters. The molecule has 0 saturated heterocycles. The lowest BCUT2D eigenvalue weighted by molar-refractivity contribution is 1.16. The number of alkyl halides is 1. The molecule has 0 aliphatic heterocycles. The molecule has 0 nitrogen and oxygen atoms in total. The second kappa shape index (κ2) is 6.41. The average Bonchev–Trinajstić information content (AvgIpc) is 2.39. The highest BCUT2D eigenvalue weighted by molar-refractivity contribution is 9.09. The van der Waals surface area contributed by atoms with Gasteiger partial charge in [0.25, 0.3) is 0 Å². The fraction of sp³-hybridized carbons (Fsp3) is 0.125. The largest absolute Gasteiger partial charge is 0.0924 e. The van der Waals surface area contributed by atoms with Crippen molar-refractivity contribution in [2.24, 2.45) is 0 Å². The van der Waals surface area contributed by atoms with Crippen LogP contribution in [0.2, 0.25) is 0 Å². The Bertz CT molecular complexity index is 486. The van der Waals surface area contributed by atoms with Gasteiger partial charge in [0.15, 0.2) is 0 Å². The van der Waals surface area contributed by atoms with E-state index >= 15 is 0 Å². The third-order valence-electron chi connectivity index (χ3n) is 2.67. The highest BCUT2D eigenvalue weighted by atomic mass is 79.9. The summed E-state index contributed by atoms with van der Waals surface area (Å²) in [6.07, 6.45) is 5.41. The third-order valence-corrected chi connectivity index (χ3v) is 3.07. The summed E-state index contributed by atoms with van der Waals surface area (Å²) in [4.78, 5) is 0. The molecule has 0 aromatic heterocycles. The molecule has 1 heteroatoms. The molecule has 0 bridgehead atoms. The van der Waals surface area contributed by atoms with Crippen molar-refractivity contribution >= 4 is 28.1 Å². The zero-order valence-corrected chi connectivity index (χ0v) is 11.2. The summed E-state index contributed by atoms with van der Waals surface area (Å²) >= 11 is 3.49. The van der Waals surface area contributed by atoms with Gasteiger partial charge < -0.3 is 0 Å². The van der Waals surface area contributed by atoms with Crippen LogP contribution >= 0.6 is 15.9 Å². The molecule has 0 aliphatic rings. The van der Waals surface area contributed by atoms with Crippen LogP contribution in [-0.2, 0) is 6.42 Å². The Morgan fingerprint density at radius 3 is 2.29 bits per heavy atom. The molecule has 17 heavy (non-hydrogen) atoms. The maximum atomic E-state index is 3.49. The van der Waals surface area contributed by atoms with Crippen LogP contribution in [0.3, 0.4) is 0 Å². The Morgan fingerprint density at radius 1 is 0.824 bits per heavy atom. The molecule has 0 radical (unpaired) electrons. The van der Waals surface area contributed by atoms with Crippen molar-refractivity contribution in [3.63, 3.8) is 0 Å². The second-order valence-corrected chi connectivity index (χ2v) is 4.67. The van der Waals surface area contributed by atoms with Gasteiger partial charge >= 0.3 is 0 Å². The minimum Gasteiger partial charge on any atom is -0.0924 e. The summed E-state index contributed by atoms with van der Waals surface area (Å²) in [6.45, 7) is 0. The van der Waals surface area contributed by atoms with Crippen molar-refractivity contribution in [1.82, 2.24) is 0 Å². The lowest BCUT2D eigenvalue weighted by Crippen LogP contribution is -1.89. The summed E-state index contributed by atoms with van der Waals surface area (Å²) in [5, 5.41) is 1.00. The minimum absolute atomic E-state index is 1.00. The number of hydrogen-bond donors (Lipinski definition) is 0. The summed E-state index contributed by atoms with van der Waals surface area (Å²) in [5.74, 6) is 0. The summed E-state index contributed by atoms with van der Waals surface area (Å²) < 4.78 is 0. The van der Waals surface area contributed by atoms with E-state index < -0.39 is 0 Å². The molecule has 0 unspecified atom stereocenters. The minimum atomic E-state index is 1.00. The number of aryl methyl sites for hydroxylation is 1. The number of halogens is 1. The zero-order valence-electron chi connectivity index (χ0n) is 9.64. The monoisotopic (exact) mass is 286 g/mol. The fourth-order valence-electron chi connectivity index (χ4n) is 1.78. The van der Waals surface area contributed by atoms with E-state index in [4.69, 9.17) is 0 Å². The van der Waals surface area contributed by atoms with Gasteiger partial charge in [-0.3, -0.25) is 0 Å². The topological polar surface area (TPSA) is 0 Å². The summed E-state index contributed by atoms with van der Waals surface area (Å²) in [7, 11) is 0. The van der Waals surface area contributed by atoms with E-state index in [9.17, 15) is 0 Å². The molecular weight excluding hydrogens is 272 g/mol. The van der Waals surface area contributed by atoms with Crippen LogP contribution in [0.25, 0.3) is 12.2 Å². The molecule has 0 amide bonds. The highest BCUT2D eigenvalue weighted by Gasteiger charge is 1.96. The van der Waals surface area contributed by atoms with Gasteiger partial charge in [-0.05, 0) is 23.1 Å². The Balaban J connectivity index is 2.21. The van der Waals surface area contributed by atoms with E-state index in [1.54, 1.807) is 0 Å². The Labute approximate surface area is 111 Å². The van der Waals surface area contributed by atoms with E-state index in [1.165, 1.54) is 16.7 Å². The number of hydrogen-bond acceptors (Lipinski definition) is 0. The first kappa shape index (κ1) is 12.1. The second-order valence-electron chi connectivity index (χ2n) is 3.88. The standard InChI is InChI=1S/C16H15Br/c17-13-12-16-9-5-4-8-15(16)11-10-14-6-2-1-3-7-14/h1-11H,12-13H2/b11-10+. The van der Waals surface area contributed by atoms with Crippen molar-refractivity contribution in [2.45, 2.75) is 6.42 Å². The van der Waals surface area contributed by atoms with Crippen LogP contribution in [0.4, 0.5) is 0 Å². The van der Waals surface area contributed by atoms with Gasteiger partial charge in [0.2, 0.25) is 0 Å². The molecular formula is C16H15Br. The Kier molecular flexibility index (Phi) is 4.57. The predicted molar refractivity (Wildman–Crippen MR) is 79.3 cm³/mol. The van der Waals surface area contributed by atoms with Crippen molar-refractivity contribution < 1.29 is 0 Å². The molecule has 0 aliphatic carbocycles. The third kappa shape index (κ3) is 3.57. The van der Waals surface area contributed by atoms with Crippen LogP contribution in [-0.4, -0.2) is 5.33 Å².